The molecule has 0 unspecified atom stereocenters. The van der Waals surface area contributed by atoms with Gasteiger partial charge < -0.3 is 0 Å². The van der Waals surface area contributed by atoms with Gasteiger partial charge in [-0.15, -0.1) is 0 Å². The Bertz CT molecular complexity index is 128. The van der Waals surface area contributed by atoms with Crippen LogP contribution in [0.3, 0.4) is 0 Å². The molecular formula is C7H13F2IN-. The molecule has 1 aliphatic heterocycles. The van der Waals surface area contributed by atoms with E-state index in [4.69, 9.17) is 0 Å². The molecule has 11 heavy (non-hydrogen) atoms. The molecule has 0 spiro atoms. The molecular weight excluding hydrogens is 263 g/mol. The third kappa shape index (κ3) is 3.19. The minimum absolute atomic E-state index is 0.000556. The first-order chi connectivity index (χ1) is 5.14. The van der Waals surface area contributed by atoms with Crippen molar-refractivity contribution in [3.05, 3.63) is 0 Å². The Hall–Kier alpha value is 0.550. The van der Waals surface area contributed by atoms with Crippen LogP contribution in [0.5, 0.6) is 0 Å². The first kappa shape index (κ1) is 9.64. The van der Waals surface area contributed by atoms with Gasteiger partial charge in [-0.3, -0.25) is 0 Å². The van der Waals surface area contributed by atoms with Crippen molar-refractivity contribution in [2.24, 2.45) is 0 Å². The second kappa shape index (κ2) is 3.98. The third-order valence-electron chi connectivity index (χ3n) is 1.76. The molecule has 0 radical (unpaired) electrons. The van der Waals surface area contributed by atoms with Crippen molar-refractivity contribution in [3.63, 3.8) is 0 Å². The van der Waals surface area contributed by atoms with E-state index in [1.54, 1.807) is 0 Å². The predicted octanol–water partition coefficient (Wildman–Crippen LogP) is -1.61. The van der Waals surface area contributed by atoms with Crippen LogP contribution in [0.2, 0.25) is 0 Å². The number of likely N-dealkylation sites (tertiary alicyclic amines) is 1. The van der Waals surface area contributed by atoms with Crippen LogP contribution in [0.15, 0.2) is 0 Å². The van der Waals surface area contributed by atoms with E-state index < -0.39 is 5.92 Å². The van der Waals surface area contributed by atoms with Crippen LogP contribution < -0.4 is 21.2 Å². The first-order valence-corrected chi connectivity index (χ1v) is 7.36. The zero-order chi connectivity index (χ0) is 8.32. The van der Waals surface area contributed by atoms with E-state index in [1.807, 2.05) is 4.90 Å². The second-order valence-corrected chi connectivity index (χ2v) is 5.11. The summed E-state index contributed by atoms with van der Waals surface area (Å²) in [7, 11) is 0. The van der Waals surface area contributed by atoms with Crippen LogP contribution in [0, 0.1) is 0 Å². The monoisotopic (exact) mass is 276 g/mol. The summed E-state index contributed by atoms with van der Waals surface area (Å²) in [5.74, 6) is -2.41. The van der Waals surface area contributed by atoms with Crippen molar-refractivity contribution in [1.82, 2.24) is 4.90 Å². The van der Waals surface area contributed by atoms with E-state index in [2.05, 4.69) is 4.93 Å². The topological polar surface area (TPSA) is 3.24 Å². The summed E-state index contributed by atoms with van der Waals surface area (Å²) in [6, 6.07) is 0. The van der Waals surface area contributed by atoms with Crippen molar-refractivity contribution in [2.75, 3.05) is 22.6 Å². The molecule has 1 nitrogen and oxygen atoms in total. The Kier molecular flexibility index (Phi) is 3.49. The number of piperidine rings is 1. The first-order valence-electron chi connectivity index (χ1n) is 3.68. The zero-order valence-electron chi connectivity index (χ0n) is 6.62. The Balaban J connectivity index is 2.34. The van der Waals surface area contributed by atoms with Gasteiger partial charge in [-0.25, -0.2) is 0 Å². The number of hydrogen-bond donors (Lipinski definition) is 0. The Labute approximate surface area is 76.4 Å². The van der Waals surface area contributed by atoms with Crippen molar-refractivity contribution < 1.29 is 30.0 Å². The maximum atomic E-state index is 12.7. The van der Waals surface area contributed by atoms with Gasteiger partial charge >= 0.3 is 76.2 Å². The van der Waals surface area contributed by atoms with Gasteiger partial charge in [-0.2, -0.15) is 0 Å². The summed E-state index contributed by atoms with van der Waals surface area (Å²) in [5, 5.41) is 0. The van der Waals surface area contributed by atoms with Crippen molar-refractivity contribution in [3.8, 4) is 0 Å². The summed E-state index contributed by atoms with van der Waals surface area (Å²) in [5.41, 5.74) is 0. The molecule has 4 heteroatoms. The van der Waals surface area contributed by atoms with Gasteiger partial charge in [0.1, 0.15) is 0 Å². The molecule has 0 bridgehead atoms. The number of rotatable bonds is 2. The predicted molar refractivity (Wildman–Crippen MR) is 36.5 cm³/mol. The fourth-order valence-corrected chi connectivity index (χ4v) is 2.86. The standard InChI is InChI=1S/C7H13F2IN/c1-10-6-11-4-2-3-7(8,9)5-11/h2-6H2,1H3/q-1. The number of halogens is 3. The van der Waals surface area contributed by atoms with E-state index in [-0.39, 0.29) is 34.2 Å². The third-order valence-corrected chi connectivity index (χ3v) is 3.41. The molecule has 0 aromatic carbocycles. The van der Waals surface area contributed by atoms with Gasteiger partial charge in [0, 0.05) is 0 Å². The van der Waals surface area contributed by atoms with Gasteiger partial charge in [0.25, 0.3) is 0 Å². The van der Waals surface area contributed by atoms with E-state index in [1.165, 1.54) is 0 Å². The number of hydrogen-bond acceptors (Lipinski definition) is 1. The van der Waals surface area contributed by atoms with Crippen LogP contribution in [0.25, 0.3) is 0 Å². The van der Waals surface area contributed by atoms with Crippen LogP contribution >= 0.6 is 0 Å². The summed E-state index contributed by atoms with van der Waals surface area (Å²) in [4.78, 5) is 4.03. The van der Waals surface area contributed by atoms with E-state index >= 15 is 0 Å². The SMILES string of the molecule is C[I-]CN1CCCC(F)(F)C1. The molecule has 0 atom stereocenters. The quantitative estimate of drug-likeness (QED) is 0.333. The summed E-state index contributed by atoms with van der Waals surface area (Å²) in [6.07, 6.45) is 0.752. The Morgan fingerprint density at radius 2 is 2.27 bits per heavy atom. The van der Waals surface area contributed by atoms with Gasteiger partial charge in [0.15, 0.2) is 0 Å². The normalized spacial score (nSPS) is 25.7. The molecule has 68 valence electrons. The molecule has 1 heterocycles. The fourth-order valence-electron chi connectivity index (χ4n) is 1.32. The number of nitrogens with zero attached hydrogens (tertiary/aromatic N) is 1. The van der Waals surface area contributed by atoms with Gasteiger partial charge in [-0.05, 0) is 0 Å². The van der Waals surface area contributed by atoms with Gasteiger partial charge in [0.2, 0.25) is 0 Å². The summed E-state index contributed by atoms with van der Waals surface area (Å²) in [6.45, 7) is 0.879. The zero-order valence-corrected chi connectivity index (χ0v) is 8.77. The van der Waals surface area contributed by atoms with Crippen molar-refractivity contribution in [1.29, 1.82) is 0 Å². The molecule has 1 rings (SSSR count). The maximum absolute atomic E-state index is 12.7. The molecule has 0 aliphatic carbocycles. The molecule has 1 fully saturated rings. The van der Waals surface area contributed by atoms with Crippen LogP contribution in [0.1, 0.15) is 12.8 Å². The van der Waals surface area contributed by atoms with E-state index in [0.29, 0.717) is 6.42 Å². The molecule has 1 aliphatic rings. The average molecular weight is 276 g/mol. The van der Waals surface area contributed by atoms with Crippen LogP contribution in [-0.2, 0) is 0 Å². The van der Waals surface area contributed by atoms with Crippen LogP contribution in [-0.4, -0.2) is 33.4 Å². The molecule has 0 N–H and O–H groups in total. The Morgan fingerprint density at radius 1 is 1.55 bits per heavy atom. The van der Waals surface area contributed by atoms with Gasteiger partial charge in [0.05, 0.1) is 0 Å². The van der Waals surface area contributed by atoms with Gasteiger partial charge in [-0.1, -0.05) is 0 Å². The average Bonchev–Trinajstić information content (AvgIpc) is 1.85. The molecule has 0 saturated carbocycles. The summed E-state index contributed by atoms with van der Waals surface area (Å²) < 4.78 is 26.4. The molecule has 0 aromatic heterocycles. The second-order valence-electron chi connectivity index (χ2n) is 2.90. The molecule has 0 aromatic rings. The van der Waals surface area contributed by atoms with E-state index in [9.17, 15) is 8.78 Å². The molecule has 0 amide bonds. The minimum atomic E-state index is -2.41. The van der Waals surface area contributed by atoms with E-state index in [0.717, 1.165) is 11.1 Å². The van der Waals surface area contributed by atoms with Crippen LogP contribution in [0.4, 0.5) is 8.78 Å². The van der Waals surface area contributed by atoms with Crippen molar-refractivity contribution in [2.45, 2.75) is 18.8 Å². The fraction of sp³-hybridized carbons (Fsp3) is 1.00. The number of alkyl halides is 4. The molecule has 1 saturated heterocycles. The van der Waals surface area contributed by atoms with Crippen molar-refractivity contribution >= 4 is 0 Å². The summed E-state index contributed by atoms with van der Waals surface area (Å²) >= 11 is 0.133. The Morgan fingerprint density at radius 3 is 2.82 bits per heavy atom.